The van der Waals surface area contributed by atoms with E-state index in [9.17, 15) is 0 Å². The van der Waals surface area contributed by atoms with Gasteiger partial charge in [-0.1, -0.05) is 30.9 Å². The Morgan fingerprint density at radius 1 is 1.00 bits per heavy atom. The number of hydrogen-bond acceptors (Lipinski definition) is 3. The van der Waals surface area contributed by atoms with E-state index in [1.807, 2.05) is 48.5 Å². The second-order valence-corrected chi connectivity index (χ2v) is 5.37. The van der Waals surface area contributed by atoms with Crippen LogP contribution in [0.2, 0.25) is 0 Å². The Bertz CT molecular complexity index is 632. The third-order valence-corrected chi connectivity index (χ3v) is 4.00. The largest absolute Gasteiger partial charge is 0.457 e. The Balaban J connectivity index is 1.80. The summed E-state index contributed by atoms with van der Waals surface area (Å²) in [6.45, 7) is 3.85. The quantitative estimate of drug-likeness (QED) is 0.883. The first-order chi connectivity index (χ1) is 9.86. The van der Waals surface area contributed by atoms with Gasteiger partial charge in [0.25, 0.3) is 0 Å². The van der Waals surface area contributed by atoms with Crippen molar-refractivity contribution in [1.82, 2.24) is 5.32 Å². The van der Waals surface area contributed by atoms with Crippen LogP contribution in [0, 0.1) is 0 Å². The van der Waals surface area contributed by atoms with E-state index in [4.69, 9.17) is 4.74 Å². The van der Waals surface area contributed by atoms with Crippen LogP contribution in [0.3, 0.4) is 0 Å². The van der Waals surface area contributed by atoms with E-state index in [0.717, 1.165) is 28.6 Å². The Hall–Kier alpha value is -2.13. The van der Waals surface area contributed by atoms with Gasteiger partial charge in [0.05, 0.1) is 11.6 Å². The van der Waals surface area contributed by atoms with Crippen LogP contribution in [0.5, 0.6) is 11.5 Å². The Kier molecular flexibility index (Phi) is 3.79. The smallest absolute Gasteiger partial charge is 0.127 e. The Morgan fingerprint density at radius 3 is 2.40 bits per heavy atom. The highest BCUT2D eigenvalue weighted by Crippen LogP contribution is 2.32. The molecule has 0 saturated carbocycles. The molecule has 0 atom stereocenters. The maximum absolute atomic E-state index is 5.79. The van der Waals surface area contributed by atoms with Crippen molar-refractivity contribution in [2.45, 2.75) is 0 Å². The lowest BCUT2D eigenvalue weighted by atomic mass is 10.1. The number of ether oxygens (including phenoxy) is 1. The molecule has 0 aromatic heterocycles. The molecule has 0 radical (unpaired) electrons. The van der Waals surface area contributed by atoms with Crippen molar-refractivity contribution in [3.63, 3.8) is 0 Å². The maximum atomic E-state index is 5.79. The average molecular weight is 281 g/mol. The van der Waals surface area contributed by atoms with Gasteiger partial charge in [-0.3, -0.25) is 0 Å². The standard InChI is InChI=1S/C17H15NOS/c1-2-16-17(18-12-20-16)13-8-10-15(11-9-13)19-14-6-4-3-5-7-14/h2-11,18H,1,12H2. The number of allylic oxidation sites excluding steroid dienone is 1. The molecule has 0 bridgehead atoms. The van der Waals surface area contributed by atoms with E-state index in [0.29, 0.717) is 0 Å². The molecule has 100 valence electrons. The molecule has 0 aliphatic carbocycles. The Labute approximate surface area is 123 Å². The van der Waals surface area contributed by atoms with Gasteiger partial charge in [0.2, 0.25) is 0 Å². The monoisotopic (exact) mass is 281 g/mol. The number of benzene rings is 2. The topological polar surface area (TPSA) is 21.3 Å². The molecule has 0 spiro atoms. The van der Waals surface area contributed by atoms with Crippen molar-refractivity contribution in [2.75, 3.05) is 5.88 Å². The molecule has 0 amide bonds. The fourth-order valence-corrected chi connectivity index (χ4v) is 2.89. The summed E-state index contributed by atoms with van der Waals surface area (Å²) in [4.78, 5) is 1.20. The molecule has 2 nitrogen and oxygen atoms in total. The molecule has 1 aliphatic rings. The fourth-order valence-electron chi connectivity index (χ4n) is 2.06. The molecule has 0 fully saturated rings. The minimum Gasteiger partial charge on any atom is -0.457 e. The van der Waals surface area contributed by atoms with Gasteiger partial charge in [0, 0.05) is 4.91 Å². The zero-order valence-electron chi connectivity index (χ0n) is 11.0. The average Bonchev–Trinajstić information content (AvgIpc) is 2.98. The van der Waals surface area contributed by atoms with Gasteiger partial charge in [0.1, 0.15) is 11.5 Å². The predicted molar refractivity (Wildman–Crippen MR) is 85.7 cm³/mol. The lowest BCUT2D eigenvalue weighted by molar-refractivity contribution is 0.482. The summed E-state index contributed by atoms with van der Waals surface area (Å²) in [6, 6.07) is 17.9. The fraction of sp³-hybridized carbons (Fsp3) is 0.0588. The van der Waals surface area contributed by atoms with Crippen LogP contribution < -0.4 is 10.1 Å². The summed E-state index contributed by atoms with van der Waals surface area (Å²) in [6.07, 6.45) is 1.90. The maximum Gasteiger partial charge on any atom is 0.127 e. The van der Waals surface area contributed by atoms with E-state index in [1.54, 1.807) is 11.8 Å². The van der Waals surface area contributed by atoms with Crippen molar-refractivity contribution in [2.24, 2.45) is 0 Å². The number of thioether (sulfide) groups is 1. The molecule has 1 aliphatic heterocycles. The molecule has 2 aromatic rings. The van der Waals surface area contributed by atoms with Gasteiger partial charge >= 0.3 is 0 Å². The molecule has 1 N–H and O–H groups in total. The molecule has 1 heterocycles. The van der Waals surface area contributed by atoms with Crippen LogP contribution >= 0.6 is 11.8 Å². The summed E-state index contributed by atoms with van der Waals surface area (Å²) in [7, 11) is 0. The lowest BCUT2D eigenvalue weighted by Gasteiger charge is -2.08. The lowest BCUT2D eigenvalue weighted by Crippen LogP contribution is -2.05. The van der Waals surface area contributed by atoms with Gasteiger partial charge in [-0.25, -0.2) is 0 Å². The van der Waals surface area contributed by atoms with Gasteiger partial charge in [-0.05, 0) is 42.0 Å². The van der Waals surface area contributed by atoms with Gasteiger partial charge in [-0.15, -0.1) is 11.8 Å². The normalized spacial score (nSPS) is 14.0. The van der Waals surface area contributed by atoms with Gasteiger partial charge < -0.3 is 10.1 Å². The number of nitrogens with one attached hydrogen (secondary N) is 1. The molecule has 3 rings (SSSR count). The first kappa shape index (κ1) is 12.9. The van der Waals surface area contributed by atoms with E-state index in [2.05, 4.69) is 24.0 Å². The molecule has 0 saturated heterocycles. The third kappa shape index (κ3) is 2.73. The molecular weight excluding hydrogens is 266 g/mol. The van der Waals surface area contributed by atoms with Crippen molar-refractivity contribution in [3.05, 3.63) is 77.7 Å². The molecular formula is C17H15NOS. The van der Waals surface area contributed by atoms with E-state index in [1.165, 1.54) is 4.91 Å². The molecule has 0 unspecified atom stereocenters. The van der Waals surface area contributed by atoms with Crippen molar-refractivity contribution >= 4 is 17.5 Å². The van der Waals surface area contributed by atoms with Crippen molar-refractivity contribution in [3.8, 4) is 11.5 Å². The van der Waals surface area contributed by atoms with Crippen LogP contribution in [-0.4, -0.2) is 5.88 Å². The first-order valence-corrected chi connectivity index (χ1v) is 7.42. The summed E-state index contributed by atoms with van der Waals surface area (Å²) < 4.78 is 5.79. The highest BCUT2D eigenvalue weighted by Gasteiger charge is 2.13. The van der Waals surface area contributed by atoms with E-state index in [-0.39, 0.29) is 0 Å². The highest BCUT2D eigenvalue weighted by atomic mass is 32.2. The van der Waals surface area contributed by atoms with Crippen molar-refractivity contribution < 1.29 is 4.74 Å². The van der Waals surface area contributed by atoms with Gasteiger partial charge in [-0.2, -0.15) is 0 Å². The minimum atomic E-state index is 0.839. The molecule has 2 aromatic carbocycles. The van der Waals surface area contributed by atoms with E-state index >= 15 is 0 Å². The van der Waals surface area contributed by atoms with Crippen LogP contribution in [-0.2, 0) is 0 Å². The highest BCUT2D eigenvalue weighted by molar-refractivity contribution is 8.03. The number of para-hydroxylation sites is 1. The second-order valence-electron chi connectivity index (χ2n) is 4.35. The SMILES string of the molecule is C=CC1=C(c2ccc(Oc3ccccc3)cc2)NCS1. The minimum absolute atomic E-state index is 0.839. The van der Waals surface area contributed by atoms with Crippen LogP contribution in [0.4, 0.5) is 0 Å². The van der Waals surface area contributed by atoms with Crippen LogP contribution in [0.25, 0.3) is 5.70 Å². The van der Waals surface area contributed by atoms with Gasteiger partial charge in [0.15, 0.2) is 0 Å². The third-order valence-electron chi connectivity index (χ3n) is 3.03. The van der Waals surface area contributed by atoms with E-state index < -0.39 is 0 Å². The first-order valence-electron chi connectivity index (χ1n) is 6.43. The summed E-state index contributed by atoms with van der Waals surface area (Å²) in [5.41, 5.74) is 2.31. The van der Waals surface area contributed by atoms with Crippen LogP contribution in [0.15, 0.2) is 72.2 Å². The number of rotatable bonds is 4. The molecule has 20 heavy (non-hydrogen) atoms. The zero-order valence-corrected chi connectivity index (χ0v) is 11.8. The summed E-state index contributed by atoms with van der Waals surface area (Å²) in [5.74, 6) is 2.59. The predicted octanol–water partition coefficient (Wildman–Crippen LogP) is 4.63. The summed E-state index contributed by atoms with van der Waals surface area (Å²) >= 11 is 1.77. The second kappa shape index (κ2) is 5.88. The zero-order chi connectivity index (χ0) is 13.8. The van der Waals surface area contributed by atoms with Crippen LogP contribution in [0.1, 0.15) is 5.56 Å². The summed E-state index contributed by atoms with van der Waals surface area (Å²) in [5, 5.41) is 3.37. The number of hydrogen-bond donors (Lipinski definition) is 1. The Morgan fingerprint density at radius 2 is 1.70 bits per heavy atom. The molecule has 3 heteroatoms. The van der Waals surface area contributed by atoms with Crippen molar-refractivity contribution in [1.29, 1.82) is 0 Å².